The van der Waals surface area contributed by atoms with Gasteiger partial charge in [-0.3, -0.25) is 4.79 Å². The van der Waals surface area contributed by atoms with Crippen molar-refractivity contribution in [3.63, 3.8) is 0 Å². The number of thiazole rings is 1. The molecule has 0 radical (unpaired) electrons. The highest BCUT2D eigenvalue weighted by molar-refractivity contribution is 7.80. The zero-order chi connectivity index (χ0) is 16.1. The molecule has 0 unspecified atom stereocenters. The maximum absolute atomic E-state index is 9.98. The van der Waals surface area contributed by atoms with Crippen LogP contribution in [0, 0.1) is 11.8 Å². The fourth-order valence-electron chi connectivity index (χ4n) is 1.64. The van der Waals surface area contributed by atoms with E-state index in [1.165, 1.54) is 30.7 Å². The van der Waals surface area contributed by atoms with Gasteiger partial charge in [-0.1, -0.05) is 12.2 Å². The maximum Gasteiger partial charge on any atom is 0.220 e. The van der Waals surface area contributed by atoms with Crippen LogP contribution in [0.4, 0.5) is 0 Å². The summed E-state index contributed by atoms with van der Waals surface area (Å²) in [5.74, 6) is 2.06. The van der Waals surface area contributed by atoms with Crippen LogP contribution in [0.15, 0.2) is 5.38 Å². The molecule has 4 nitrogen and oxygen atoms in total. The number of nitrogens with two attached hydrogens (primary N) is 2. The number of halogens is 1. The average molecular weight is 360 g/mol. The Balaban J connectivity index is 0.000000128. The largest absolute Gasteiger partial charge is 0.393 e. The summed E-state index contributed by atoms with van der Waals surface area (Å²) in [5, 5.41) is 3.34. The van der Waals surface area contributed by atoms with Gasteiger partial charge in [0.25, 0.3) is 0 Å². The van der Waals surface area contributed by atoms with Gasteiger partial charge in [0.05, 0.1) is 21.6 Å². The molecule has 1 heterocycles. The van der Waals surface area contributed by atoms with Crippen molar-refractivity contribution < 1.29 is 4.79 Å². The fraction of sp³-hybridized carbons (Fsp3) is 0.667. The molecule has 122 valence electrons. The molecule has 0 aliphatic heterocycles. The Morgan fingerprint density at radius 1 is 1.23 bits per heavy atom. The van der Waals surface area contributed by atoms with E-state index < -0.39 is 0 Å². The van der Waals surface area contributed by atoms with E-state index in [2.05, 4.69) is 22.6 Å². The lowest BCUT2D eigenvalue weighted by molar-refractivity contribution is -0.119. The van der Waals surface area contributed by atoms with Crippen LogP contribution >= 0.6 is 35.2 Å². The minimum Gasteiger partial charge on any atom is -0.393 e. The molecule has 0 bridgehead atoms. The fourth-order valence-corrected chi connectivity index (χ4v) is 3.09. The molecule has 22 heavy (non-hydrogen) atoms. The van der Waals surface area contributed by atoms with E-state index in [1.54, 1.807) is 11.3 Å². The molecule has 1 aromatic heterocycles. The molecule has 1 aromatic rings. The molecular weight excluding hydrogens is 338 g/mol. The smallest absolute Gasteiger partial charge is 0.220 e. The van der Waals surface area contributed by atoms with Gasteiger partial charge in [0, 0.05) is 23.1 Å². The van der Waals surface area contributed by atoms with Crippen LogP contribution in [0.2, 0.25) is 0 Å². The molecular formula is C15H22ClN3OS2. The highest BCUT2D eigenvalue weighted by Crippen LogP contribution is 2.41. The standard InChI is InChI=1S/C7H8ClNS.C4H7NO.C4H7NS/c8-3-6-4-10-7(9-6)5-1-2-5;2*5-4(6)3-1-2-3/h4-5H,1-3H2;2*3H,1-2H2,(H2,5,6). The number of carbonyl (C=O) groups excluding carboxylic acids is 1. The Kier molecular flexibility index (Phi) is 6.59. The van der Waals surface area contributed by atoms with Gasteiger partial charge in [-0.15, -0.1) is 22.9 Å². The predicted molar refractivity (Wildman–Crippen MR) is 95.1 cm³/mol. The first-order chi connectivity index (χ1) is 10.5. The predicted octanol–water partition coefficient (Wildman–Crippen LogP) is 3.32. The number of alkyl halides is 1. The van der Waals surface area contributed by atoms with E-state index in [1.807, 2.05) is 0 Å². The van der Waals surface area contributed by atoms with Gasteiger partial charge < -0.3 is 11.5 Å². The summed E-state index contributed by atoms with van der Waals surface area (Å²) >= 11 is 12.0. The second-order valence-corrected chi connectivity index (χ2v) is 7.57. The van der Waals surface area contributed by atoms with E-state index in [9.17, 15) is 4.79 Å². The zero-order valence-corrected chi connectivity index (χ0v) is 14.9. The Hall–Kier alpha value is -0.720. The van der Waals surface area contributed by atoms with Gasteiger partial charge >= 0.3 is 0 Å². The van der Waals surface area contributed by atoms with E-state index in [0.717, 1.165) is 24.5 Å². The maximum atomic E-state index is 9.98. The van der Waals surface area contributed by atoms with Gasteiger partial charge in [-0.05, 0) is 38.5 Å². The summed E-state index contributed by atoms with van der Waals surface area (Å²) in [6.45, 7) is 0. The molecule has 0 aromatic carbocycles. The van der Waals surface area contributed by atoms with Crippen LogP contribution in [0.5, 0.6) is 0 Å². The number of rotatable bonds is 4. The van der Waals surface area contributed by atoms with E-state index >= 15 is 0 Å². The van der Waals surface area contributed by atoms with Crippen molar-refractivity contribution >= 4 is 46.1 Å². The average Bonchev–Trinajstić information content (AvgIpc) is 3.37. The third-order valence-corrected chi connectivity index (χ3v) is 5.26. The van der Waals surface area contributed by atoms with Crippen LogP contribution in [-0.2, 0) is 10.7 Å². The third kappa shape index (κ3) is 6.58. The van der Waals surface area contributed by atoms with Gasteiger partial charge in [-0.2, -0.15) is 0 Å². The van der Waals surface area contributed by atoms with Crippen molar-refractivity contribution in [3.8, 4) is 0 Å². The summed E-state index contributed by atoms with van der Waals surface area (Å²) in [4.78, 5) is 15.1. The monoisotopic (exact) mass is 359 g/mol. The molecule has 3 aliphatic rings. The molecule has 1 amide bonds. The molecule has 3 aliphatic carbocycles. The lowest BCUT2D eigenvalue weighted by Gasteiger charge is -1.84. The molecule has 4 N–H and O–H groups in total. The van der Waals surface area contributed by atoms with Crippen LogP contribution in [-0.4, -0.2) is 15.9 Å². The molecule has 3 saturated carbocycles. The topological polar surface area (TPSA) is 82.0 Å². The summed E-state index contributed by atoms with van der Waals surface area (Å²) in [6, 6.07) is 0. The second kappa shape index (κ2) is 8.22. The SMILES string of the molecule is ClCc1csc(C2CC2)n1.NC(=O)C1CC1.NC(=S)C1CC1. The van der Waals surface area contributed by atoms with Crippen molar-refractivity contribution in [2.75, 3.05) is 0 Å². The third-order valence-electron chi connectivity index (χ3n) is 3.59. The van der Waals surface area contributed by atoms with Crippen molar-refractivity contribution in [1.82, 2.24) is 4.98 Å². The number of primary amides is 1. The lowest BCUT2D eigenvalue weighted by Crippen LogP contribution is -2.11. The molecule has 4 rings (SSSR count). The van der Waals surface area contributed by atoms with Gasteiger partial charge in [0.1, 0.15) is 0 Å². The number of carbonyl (C=O) groups is 1. The highest BCUT2D eigenvalue weighted by Gasteiger charge is 2.27. The molecule has 0 spiro atoms. The first kappa shape index (κ1) is 17.6. The van der Waals surface area contributed by atoms with Gasteiger partial charge in [0.15, 0.2) is 0 Å². The number of hydrogen-bond acceptors (Lipinski definition) is 4. The minimum atomic E-state index is -0.130. The van der Waals surface area contributed by atoms with Crippen molar-refractivity contribution in [2.45, 2.75) is 50.3 Å². The number of aromatic nitrogens is 1. The Morgan fingerprint density at radius 3 is 2.05 bits per heavy atom. The minimum absolute atomic E-state index is 0.130. The van der Waals surface area contributed by atoms with E-state index in [-0.39, 0.29) is 11.8 Å². The first-order valence-electron chi connectivity index (χ1n) is 7.60. The number of thiocarbonyl (C=S) groups is 1. The van der Waals surface area contributed by atoms with Gasteiger partial charge in [-0.25, -0.2) is 4.98 Å². The van der Waals surface area contributed by atoms with Gasteiger partial charge in [0.2, 0.25) is 5.91 Å². The van der Waals surface area contributed by atoms with Crippen molar-refractivity contribution in [2.24, 2.45) is 23.3 Å². The Bertz CT molecular complexity index is 501. The Labute approximate surface area is 145 Å². The van der Waals surface area contributed by atoms with Crippen LogP contribution in [0.1, 0.15) is 55.1 Å². The molecule has 0 saturated heterocycles. The Morgan fingerprint density at radius 2 is 1.82 bits per heavy atom. The van der Waals surface area contributed by atoms with Crippen LogP contribution in [0.25, 0.3) is 0 Å². The summed E-state index contributed by atoms with van der Waals surface area (Å²) in [6.07, 6.45) is 7.17. The quantitative estimate of drug-likeness (QED) is 0.638. The summed E-state index contributed by atoms with van der Waals surface area (Å²) in [5.41, 5.74) is 11.1. The molecule has 7 heteroatoms. The zero-order valence-electron chi connectivity index (χ0n) is 12.5. The van der Waals surface area contributed by atoms with Crippen LogP contribution < -0.4 is 11.5 Å². The molecule has 0 atom stereocenters. The highest BCUT2D eigenvalue weighted by atomic mass is 35.5. The number of nitrogens with zero attached hydrogens (tertiary/aromatic N) is 1. The number of amides is 1. The second-order valence-electron chi connectivity index (χ2n) is 5.94. The van der Waals surface area contributed by atoms with Crippen molar-refractivity contribution in [1.29, 1.82) is 0 Å². The summed E-state index contributed by atoms with van der Waals surface area (Å²) < 4.78 is 0. The lowest BCUT2D eigenvalue weighted by atomic mass is 10.4. The van der Waals surface area contributed by atoms with Crippen molar-refractivity contribution in [3.05, 3.63) is 16.1 Å². The van der Waals surface area contributed by atoms with E-state index in [0.29, 0.717) is 16.8 Å². The normalized spacial score (nSPS) is 19.3. The molecule has 3 fully saturated rings. The number of hydrogen-bond donors (Lipinski definition) is 2. The summed E-state index contributed by atoms with van der Waals surface area (Å²) in [7, 11) is 0. The first-order valence-corrected chi connectivity index (χ1v) is 9.42. The van der Waals surface area contributed by atoms with Crippen LogP contribution in [0.3, 0.4) is 0 Å². The van der Waals surface area contributed by atoms with E-state index in [4.69, 9.17) is 23.1 Å².